The highest BCUT2D eigenvalue weighted by atomic mass is 32.2. The summed E-state index contributed by atoms with van der Waals surface area (Å²) in [6, 6.07) is 0. The zero-order valence-electron chi connectivity index (χ0n) is 10.7. The van der Waals surface area contributed by atoms with Crippen molar-refractivity contribution in [1.29, 1.82) is 0 Å². The molecule has 0 fully saturated rings. The van der Waals surface area contributed by atoms with Gasteiger partial charge in [-0.2, -0.15) is 5.10 Å². The summed E-state index contributed by atoms with van der Waals surface area (Å²) < 4.78 is 26.8. The summed E-state index contributed by atoms with van der Waals surface area (Å²) in [5.41, 5.74) is 2.01. The average Bonchev–Trinajstić information content (AvgIpc) is 2.93. The summed E-state index contributed by atoms with van der Waals surface area (Å²) in [5, 5.41) is 14.8. The predicted molar refractivity (Wildman–Crippen MR) is 71.2 cm³/mol. The van der Waals surface area contributed by atoms with Gasteiger partial charge in [-0.3, -0.25) is 5.10 Å². The lowest BCUT2D eigenvalue weighted by Crippen LogP contribution is -2.25. The monoisotopic (exact) mass is 316 g/mol. The summed E-state index contributed by atoms with van der Waals surface area (Å²) in [6.07, 6.45) is 0. The smallest absolute Gasteiger partial charge is 0.357 e. The molecule has 8 nitrogen and oxygen atoms in total. The second-order valence-corrected chi connectivity index (χ2v) is 6.66. The van der Waals surface area contributed by atoms with E-state index in [0.717, 1.165) is 10.6 Å². The van der Waals surface area contributed by atoms with Crippen LogP contribution >= 0.6 is 11.3 Å². The van der Waals surface area contributed by atoms with E-state index in [1.54, 1.807) is 12.4 Å². The molecule has 2 aromatic heterocycles. The Morgan fingerprint density at radius 1 is 1.50 bits per heavy atom. The maximum atomic E-state index is 12.2. The van der Waals surface area contributed by atoms with Gasteiger partial charge in [0.1, 0.15) is 4.90 Å². The van der Waals surface area contributed by atoms with E-state index in [-0.39, 0.29) is 17.1 Å². The summed E-state index contributed by atoms with van der Waals surface area (Å²) in [4.78, 5) is 15.4. The van der Waals surface area contributed by atoms with Gasteiger partial charge < -0.3 is 5.11 Å². The maximum absolute atomic E-state index is 12.2. The van der Waals surface area contributed by atoms with Crippen molar-refractivity contribution in [3.8, 4) is 0 Å². The molecule has 0 unspecified atom stereocenters. The fourth-order valence-corrected chi connectivity index (χ4v) is 3.74. The molecule has 2 heterocycles. The number of hydrogen-bond donors (Lipinski definition) is 3. The fraction of sp³-hybridized carbons (Fsp3) is 0.300. The molecule has 108 valence electrons. The third kappa shape index (κ3) is 2.71. The highest BCUT2D eigenvalue weighted by molar-refractivity contribution is 7.89. The lowest BCUT2D eigenvalue weighted by molar-refractivity contribution is 0.0686. The van der Waals surface area contributed by atoms with E-state index in [0.29, 0.717) is 0 Å². The molecule has 2 aromatic rings. The molecule has 0 bridgehead atoms. The molecule has 0 aliphatic heterocycles. The first-order valence-electron chi connectivity index (χ1n) is 5.50. The Bertz CT molecular complexity index is 747. The van der Waals surface area contributed by atoms with Crippen LogP contribution in [-0.2, 0) is 16.6 Å². The van der Waals surface area contributed by atoms with Crippen molar-refractivity contribution in [2.75, 3.05) is 0 Å². The number of aromatic amines is 1. The summed E-state index contributed by atoms with van der Waals surface area (Å²) in [5.74, 6) is -1.40. The number of aromatic nitrogens is 3. The van der Waals surface area contributed by atoms with Gasteiger partial charge in [0, 0.05) is 11.4 Å². The zero-order valence-corrected chi connectivity index (χ0v) is 12.3. The molecule has 0 aliphatic carbocycles. The Morgan fingerprint density at radius 2 is 2.20 bits per heavy atom. The van der Waals surface area contributed by atoms with Gasteiger partial charge in [0.2, 0.25) is 10.0 Å². The van der Waals surface area contributed by atoms with Crippen LogP contribution in [0.2, 0.25) is 0 Å². The van der Waals surface area contributed by atoms with Crippen LogP contribution in [0.4, 0.5) is 0 Å². The second kappa shape index (κ2) is 5.31. The maximum Gasteiger partial charge on any atom is 0.357 e. The molecule has 0 atom stereocenters. The first-order chi connectivity index (χ1) is 9.33. The third-order valence-corrected chi connectivity index (χ3v) is 5.13. The van der Waals surface area contributed by atoms with E-state index in [1.807, 2.05) is 0 Å². The minimum absolute atomic E-state index is 0.0580. The second-order valence-electron chi connectivity index (χ2n) is 4.02. The van der Waals surface area contributed by atoms with Crippen LogP contribution in [0.1, 0.15) is 26.8 Å². The summed E-state index contributed by atoms with van der Waals surface area (Å²) in [6.45, 7) is 3.28. The standard InChI is InChI=1S/C10H12N4O4S2/c1-5-7(19-4-11-5)3-12-20(17,18)9-6(2)13-14-8(9)10(15)16/h4,12H,3H2,1-2H3,(H,13,14)(H,15,16). The molecule has 20 heavy (non-hydrogen) atoms. The fourth-order valence-electron chi connectivity index (χ4n) is 1.62. The highest BCUT2D eigenvalue weighted by Crippen LogP contribution is 2.19. The van der Waals surface area contributed by atoms with Gasteiger partial charge in [-0.05, 0) is 13.8 Å². The molecule has 0 amide bonds. The first-order valence-corrected chi connectivity index (χ1v) is 7.86. The molecule has 3 N–H and O–H groups in total. The van der Waals surface area contributed by atoms with Crippen LogP contribution in [0.25, 0.3) is 0 Å². The molecule has 0 saturated heterocycles. The van der Waals surface area contributed by atoms with Crippen molar-refractivity contribution in [2.24, 2.45) is 0 Å². The molecule has 0 radical (unpaired) electrons. The molecular formula is C10H12N4O4S2. The van der Waals surface area contributed by atoms with E-state index < -0.39 is 21.7 Å². The number of carbonyl (C=O) groups is 1. The van der Waals surface area contributed by atoms with Gasteiger partial charge in [-0.25, -0.2) is 22.9 Å². The molecule has 10 heteroatoms. The lowest BCUT2D eigenvalue weighted by Gasteiger charge is -2.06. The number of carboxylic acids is 1. The van der Waals surface area contributed by atoms with Crippen molar-refractivity contribution in [3.63, 3.8) is 0 Å². The quantitative estimate of drug-likeness (QED) is 0.744. The number of sulfonamides is 1. The van der Waals surface area contributed by atoms with Gasteiger partial charge >= 0.3 is 5.97 Å². The number of H-pyrrole nitrogens is 1. The van der Waals surface area contributed by atoms with Crippen LogP contribution in [0.15, 0.2) is 10.4 Å². The van der Waals surface area contributed by atoms with Crippen LogP contribution in [0.3, 0.4) is 0 Å². The van der Waals surface area contributed by atoms with Crippen LogP contribution in [0, 0.1) is 13.8 Å². The van der Waals surface area contributed by atoms with E-state index in [2.05, 4.69) is 19.9 Å². The Kier molecular flexibility index (Phi) is 3.88. The molecule has 0 spiro atoms. The highest BCUT2D eigenvalue weighted by Gasteiger charge is 2.28. The molecule has 0 aromatic carbocycles. The van der Waals surface area contributed by atoms with E-state index in [4.69, 9.17) is 5.11 Å². The largest absolute Gasteiger partial charge is 0.476 e. The number of nitrogens with one attached hydrogen (secondary N) is 2. The van der Waals surface area contributed by atoms with Crippen molar-refractivity contribution >= 4 is 27.3 Å². The Morgan fingerprint density at radius 3 is 2.75 bits per heavy atom. The number of carboxylic acid groups (broad SMARTS) is 1. The van der Waals surface area contributed by atoms with Crippen molar-refractivity contribution in [1.82, 2.24) is 19.9 Å². The number of aryl methyl sites for hydroxylation is 2. The number of thiazole rings is 1. The molecule has 0 aliphatic rings. The van der Waals surface area contributed by atoms with Gasteiger partial charge in [0.15, 0.2) is 5.69 Å². The van der Waals surface area contributed by atoms with Gasteiger partial charge in [0.25, 0.3) is 0 Å². The van der Waals surface area contributed by atoms with Crippen LogP contribution in [-0.4, -0.2) is 34.7 Å². The van der Waals surface area contributed by atoms with Gasteiger partial charge in [0.05, 0.1) is 16.9 Å². The Balaban J connectivity index is 2.29. The Labute approximate surface area is 118 Å². The molecule has 0 saturated carbocycles. The minimum Gasteiger partial charge on any atom is -0.476 e. The lowest BCUT2D eigenvalue weighted by atomic mass is 10.4. The number of aromatic carboxylic acids is 1. The zero-order chi connectivity index (χ0) is 14.9. The number of hydrogen-bond acceptors (Lipinski definition) is 6. The van der Waals surface area contributed by atoms with E-state index in [9.17, 15) is 13.2 Å². The molecule has 2 rings (SSSR count). The van der Waals surface area contributed by atoms with Crippen molar-refractivity contribution in [3.05, 3.63) is 27.5 Å². The average molecular weight is 316 g/mol. The molecular weight excluding hydrogens is 304 g/mol. The van der Waals surface area contributed by atoms with E-state index in [1.165, 1.54) is 18.3 Å². The SMILES string of the molecule is Cc1ncsc1CNS(=O)(=O)c1c(C(=O)O)n[nH]c1C. The van der Waals surface area contributed by atoms with E-state index >= 15 is 0 Å². The van der Waals surface area contributed by atoms with Crippen molar-refractivity contribution < 1.29 is 18.3 Å². The number of rotatable bonds is 5. The topological polar surface area (TPSA) is 125 Å². The van der Waals surface area contributed by atoms with Crippen molar-refractivity contribution in [2.45, 2.75) is 25.3 Å². The van der Waals surface area contributed by atoms with Crippen LogP contribution < -0.4 is 4.72 Å². The third-order valence-electron chi connectivity index (χ3n) is 2.63. The summed E-state index contributed by atoms with van der Waals surface area (Å²) >= 11 is 1.32. The predicted octanol–water partition coefficient (Wildman–Crippen LogP) is 0.660. The summed E-state index contributed by atoms with van der Waals surface area (Å²) in [7, 11) is -3.96. The van der Waals surface area contributed by atoms with Gasteiger partial charge in [-0.1, -0.05) is 0 Å². The first kappa shape index (κ1) is 14.6. The minimum atomic E-state index is -3.96. The number of nitrogens with zero attached hydrogens (tertiary/aromatic N) is 2. The normalized spacial score (nSPS) is 11.7. The van der Waals surface area contributed by atoms with Crippen LogP contribution in [0.5, 0.6) is 0 Å². The van der Waals surface area contributed by atoms with Gasteiger partial charge in [-0.15, -0.1) is 11.3 Å². The Hall–Kier alpha value is -1.78.